The van der Waals surface area contributed by atoms with E-state index in [4.69, 9.17) is 5.11 Å². The highest BCUT2D eigenvalue weighted by molar-refractivity contribution is 5.81. The van der Waals surface area contributed by atoms with Crippen LogP contribution in [0.3, 0.4) is 0 Å². The van der Waals surface area contributed by atoms with E-state index in [2.05, 4.69) is 0 Å². The second-order valence-electron chi connectivity index (χ2n) is 4.14. The summed E-state index contributed by atoms with van der Waals surface area (Å²) in [6.45, 7) is 3.75. The maximum atomic E-state index is 11.5. The van der Waals surface area contributed by atoms with Gasteiger partial charge in [-0.15, -0.1) is 0 Å². The van der Waals surface area contributed by atoms with Crippen molar-refractivity contribution in [3.8, 4) is 0 Å². The Balaban J connectivity index is 2.55. The Morgan fingerprint density at radius 3 is 2.42 bits per heavy atom. The summed E-state index contributed by atoms with van der Waals surface area (Å²) in [5.41, 5.74) is -0.417. The predicted molar refractivity (Wildman–Crippen MR) is 46.7 cm³/mol. The Morgan fingerprint density at radius 1 is 1.58 bits per heavy atom. The lowest BCUT2D eigenvalue weighted by atomic mass is 10.0. The Kier molecular flexibility index (Phi) is 2.42. The van der Waals surface area contributed by atoms with Crippen LogP contribution in [-0.2, 0) is 4.79 Å². The smallest absolute Gasteiger partial charge is 0.225 e. The molecule has 1 aliphatic carbocycles. The van der Waals surface area contributed by atoms with E-state index in [-0.39, 0.29) is 18.4 Å². The quantitative estimate of drug-likeness (QED) is 0.676. The molecule has 3 heteroatoms. The van der Waals surface area contributed by atoms with Gasteiger partial charge in [0.1, 0.15) is 0 Å². The lowest BCUT2D eigenvalue weighted by molar-refractivity contribution is -0.137. The van der Waals surface area contributed by atoms with E-state index in [1.807, 2.05) is 13.8 Å². The highest BCUT2D eigenvalue weighted by Crippen LogP contribution is 2.32. The van der Waals surface area contributed by atoms with Gasteiger partial charge < -0.3 is 10.0 Å². The second-order valence-corrected chi connectivity index (χ2v) is 4.14. The van der Waals surface area contributed by atoms with Crippen LogP contribution < -0.4 is 0 Å². The molecule has 1 aliphatic rings. The van der Waals surface area contributed by atoms with E-state index >= 15 is 0 Å². The molecule has 1 fully saturated rings. The van der Waals surface area contributed by atoms with E-state index in [1.54, 1.807) is 11.9 Å². The average Bonchev–Trinajstić information content (AvgIpc) is 2.84. The van der Waals surface area contributed by atoms with Gasteiger partial charge in [0.15, 0.2) is 0 Å². The Bertz CT molecular complexity index is 185. The number of hydrogen-bond donors (Lipinski definition) is 1. The third-order valence-electron chi connectivity index (χ3n) is 2.55. The first-order chi connectivity index (χ1) is 5.49. The molecule has 0 heterocycles. The number of rotatable bonds is 3. The zero-order valence-electron chi connectivity index (χ0n) is 8.00. The van der Waals surface area contributed by atoms with Gasteiger partial charge in [-0.1, -0.05) is 0 Å². The van der Waals surface area contributed by atoms with Crippen LogP contribution in [-0.4, -0.2) is 35.1 Å². The molecule has 0 spiro atoms. The number of aliphatic hydroxyl groups excluding tert-OH is 1. The maximum absolute atomic E-state index is 11.5. The number of nitrogens with zero attached hydrogens (tertiary/aromatic N) is 1. The van der Waals surface area contributed by atoms with Crippen molar-refractivity contribution in [3.63, 3.8) is 0 Å². The molecule has 3 nitrogen and oxygen atoms in total. The molecule has 1 saturated carbocycles. The normalized spacial score (nSPS) is 17.7. The van der Waals surface area contributed by atoms with Crippen molar-refractivity contribution >= 4 is 5.91 Å². The van der Waals surface area contributed by atoms with Crippen LogP contribution in [0.1, 0.15) is 26.7 Å². The molecule has 0 unspecified atom stereocenters. The fraction of sp³-hybridized carbons (Fsp3) is 0.889. The van der Waals surface area contributed by atoms with Gasteiger partial charge in [0, 0.05) is 13.0 Å². The summed E-state index contributed by atoms with van der Waals surface area (Å²) in [4.78, 5) is 13.2. The minimum Gasteiger partial charge on any atom is -0.394 e. The van der Waals surface area contributed by atoms with Crippen LogP contribution >= 0.6 is 0 Å². The Labute approximate surface area is 73.4 Å². The van der Waals surface area contributed by atoms with Gasteiger partial charge in [0.2, 0.25) is 5.91 Å². The van der Waals surface area contributed by atoms with Crippen molar-refractivity contribution in [2.24, 2.45) is 5.92 Å². The Hall–Kier alpha value is -0.570. The largest absolute Gasteiger partial charge is 0.394 e. The highest BCUT2D eigenvalue weighted by Gasteiger charge is 2.37. The number of aliphatic hydroxyl groups is 1. The standard InChI is InChI=1S/C9H17NO2/c1-9(2,6-11)10(3)8(12)7-4-5-7/h7,11H,4-6H2,1-3H3. The number of carbonyl (C=O) groups excluding carboxylic acids is 1. The van der Waals surface area contributed by atoms with Gasteiger partial charge in [0.05, 0.1) is 12.1 Å². The maximum Gasteiger partial charge on any atom is 0.225 e. The van der Waals surface area contributed by atoms with E-state index in [0.29, 0.717) is 0 Å². The molecule has 0 aromatic carbocycles. The molecule has 0 bridgehead atoms. The van der Waals surface area contributed by atoms with Crippen molar-refractivity contribution in [3.05, 3.63) is 0 Å². The summed E-state index contributed by atoms with van der Waals surface area (Å²) in [5, 5.41) is 9.02. The average molecular weight is 171 g/mol. The van der Waals surface area contributed by atoms with E-state index < -0.39 is 5.54 Å². The molecular weight excluding hydrogens is 154 g/mol. The molecule has 1 amide bonds. The first-order valence-electron chi connectivity index (χ1n) is 4.37. The van der Waals surface area contributed by atoms with Crippen molar-refractivity contribution in [1.82, 2.24) is 4.90 Å². The zero-order valence-corrected chi connectivity index (χ0v) is 8.00. The van der Waals surface area contributed by atoms with Crippen LogP contribution in [0.2, 0.25) is 0 Å². The lowest BCUT2D eigenvalue weighted by Crippen LogP contribution is -2.48. The van der Waals surface area contributed by atoms with Crippen LogP contribution in [0.15, 0.2) is 0 Å². The predicted octanol–water partition coefficient (Wildman–Crippen LogP) is 0.626. The molecule has 1 N–H and O–H groups in total. The lowest BCUT2D eigenvalue weighted by Gasteiger charge is -2.34. The fourth-order valence-electron chi connectivity index (χ4n) is 1.01. The molecule has 70 valence electrons. The molecule has 12 heavy (non-hydrogen) atoms. The minimum absolute atomic E-state index is 0.0158. The van der Waals surface area contributed by atoms with Crippen LogP contribution in [0.4, 0.5) is 0 Å². The SMILES string of the molecule is CN(C(=O)C1CC1)C(C)(C)CO. The summed E-state index contributed by atoms with van der Waals surface area (Å²) < 4.78 is 0. The van der Waals surface area contributed by atoms with E-state index in [1.165, 1.54) is 0 Å². The topological polar surface area (TPSA) is 40.5 Å². The van der Waals surface area contributed by atoms with E-state index in [9.17, 15) is 4.79 Å². The van der Waals surface area contributed by atoms with Gasteiger partial charge in [0.25, 0.3) is 0 Å². The van der Waals surface area contributed by atoms with Gasteiger partial charge in [-0.3, -0.25) is 4.79 Å². The number of amides is 1. The van der Waals surface area contributed by atoms with Crippen molar-refractivity contribution in [2.45, 2.75) is 32.2 Å². The van der Waals surface area contributed by atoms with Crippen molar-refractivity contribution in [2.75, 3.05) is 13.7 Å². The van der Waals surface area contributed by atoms with Crippen LogP contribution in [0.25, 0.3) is 0 Å². The van der Waals surface area contributed by atoms with Gasteiger partial charge >= 0.3 is 0 Å². The summed E-state index contributed by atoms with van der Waals surface area (Å²) >= 11 is 0. The Morgan fingerprint density at radius 2 is 2.08 bits per heavy atom. The molecule has 0 aliphatic heterocycles. The van der Waals surface area contributed by atoms with Gasteiger partial charge in [-0.25, -0.2) is 0 Å². The van der Waals surface area contributed by atoms with Gasteiger partial charge in [-0.05, 0) is 26.7 Å². The highest BCUT2D eigenvalue weighted by atomic mass is 16.3. The molecule has 0 atom stereocenters. The number of hydrogen-bond acceptors (Lipinski definition) is 2. The van der Waals surface area contributed by atoms with Crippen molar-refractivity contribution in [1.29, 1.82) is 0 Å². The number of likely N-dealkylation sites (N-methyl/N-ethyl adjacent to an activating group) is 1. The summed E-state index contributed by atoms with van der Waals surface area (Å²) in [7, 11) is 1.76. The first-order valence-corrected chi connectivity index (χ1v) is 4.37. The monoisotopic (exact) mass is 171 g/mol. The second kappa shape index (κ2) is 3.05. The summed E-state index contributed by atoms with van der Waals surface area (Å²) in [6, 6.07) is 0. The third-order valence-corrected chi connectivity index (χ3v) is 2.55. The van der Waals surface area contributed by atoms with Crippen LogP contribution in [0, 0.1) is 5.92 Å². The summed E-state index contributed by atoms with van der Waals surface area (Å²) in [6.07, 6.45) is 2.04. The molecule has 0 radical (unpaired) electrons. The first kappa shape index (κ1) is 9.52. The molecule has 0 saturated heterocycles. The third kappa shape index (κ3) is 1.78. The molecule has 0 aromatic rings. The zero-order chi connectivity index (χ0) is 9.35. The minimum atomic E-state index is -0.417. The van der Waals surface area contributed by atoms with E-state index in [0.717, 1.165) is 12.8 Å². The summed E-state index contributed by atoms with van der Waals surface area (Å²) in [5.74, 6) is 0.412. The fourth-order valence-corrected chi connectivity index (χ4v) is 1.01. The van der Waals surface area contributed by atoms with Crippen LogP contribution in [0.5, 0.6) is 0 Å². The van der Waals surface area contributed by atoms with Gasteiger partial charge in [-0.2, -0.15) is 0 Å². The number of carbonyl (C=O) groups is 1. The molecule has 1 rings (SSSR count). The molecule has 0 aromatic heterocycles. The van der Waals surface area contributed by atoms with Crippen molar-refractivity contribution < 1.29 is 9.90 Å². The molecular formula is C9H17NO2.